The zero-order valence-corrected chi connectivity index (χ0v) is 17.3. The first kappa shape index (κ1) is 25.6. The van der Waals surface area contributed by atoms with Gasteiger partial charge in [0.1, 0.15) is 48.8 Å². The highest BCUT2D eigenvalue weighted by Gasteiger charge is 2.50. The van der Waals surface area contributed by atoms with Crippen LogP contribution >= 0.6 is 0 Å². The molecule has 0 aromatic carbocycles. The van der Waals surface area contributed by atoms with Crippen molar-refractivity contribution < 1.29 is 59.5 Å². The molecule has 14 nitrogen and oxygen atoms in total. The van der Waals surface area contributed by atoms with E-state index in [9.17, 15) is 40.5 Å². The third-order valence-corrected chi connectivity index (χ3v) is 5.78. The number of morpholine rings is 1. The average molecular weight is 468 g/mol. The van der Waals surface area contributed by atoms with Crippen LogP contribution < -0.4 is 5.32 Å². The second-order valence-corrected chi connectivity index (χ2v) is 8.01. The lowest BCUT2D eigenvalue weighted by Crippen LogP contribution is -2.67. The molecular weight excluding hydrogens is 436 g/mol. The van der Waals surface area contributed by atoms with Crippen LogP contribution in [0.3, 0.4) is 0 Å². The Labute approximate surface area is 183 Å². The molecule has 3 saturated heterocycles. The lowest BCUT2D eigenvalue weighted by atomic mass is 9.96. The summed E-state index contributed by atoms with van der Waals surface area (Å²) in [5, 5.41) is 72.3. The fourth-order valence-electron chi connectivity index (χ4n) is 3.88. The van der Waals surface area contributed by atoms with Crippen molar-refractivity contribution in [3.05, 3.63) is 0 Å². The van der Waals surface area contributed by atoms with E-state index in [-0.39, 0.29) is 6.54 Å². The minimum Gasteiger partial charge on any atom is -0.394 e. The van der Waals surface area contributed by atoms with E-state index >= 15 is 0 Å². The molecule has 0 bridgehead atoms. The van der Waals surface area contributed by atoms with E-state index in [2.05, 4.69) is 5.32 Å². The average Bonchev–Trinajstić information content (AvgIpc) is 2.79. The van der Waals surface area contributed by atoms with Gasteiger partial charge in [0, 0.05) is 13.1 Å². The summed E-state index contributed by atoms with van der Waals surface area (Å²) < 4.78 is 21.4. The van der Waals surface area contributed by atoms with Crippen LogP contribution in [-0.2, 0) is 23.7 Å². The Kier molecular flexibility index (Phi) is 9.14. The predicted molar refractivity (Wildman–Crippen MR) is 102 cm³/mol. The van der Waals surface area contributed by atoms with Gasteiger partial charge in [-0.2, -0.15) is 0 Å². The maximum atomic E-state index is 12.3. The second-order valence-electron chi connectivity index (χ2n) is 8.01. The number of hydrogen-bond acceptors (Lipinski definition) is 13. The summed E-state index contributed by atoms with van der Waals surface area (Å²) >= 11 is 0. The van der Waals surface area contributed by atoms with Gasteiger partial charge in [0.2, 0.25) is 5.91 Å². The maximum Gasteiger partial charge on any atom is 0.236 e. The number of nitrogens with zero attached hydrogens (tertiary/aromatic N) is 1. The third-order valence-electron chi connectivity index (χ3n) is 5.78. The highest BCUT2D eigenvalue weighted by Crippen LogP contribution is 2.28. The van der Waals surface area contributed by atoms with Crippen molar-refractivity contribution in [3.63, 3.8) is 0 Å². The molecular formula is C18H32N2O12. The molecule has 3 heterocycles. The lowest BCUT2D eigenvalue weighted by Gasteiger charge is -2.46. The monoisotopic (exact) mass is 468 g/mol. The van der Waals surface area contributed by atoms with Crippen molar-refractivity contribution in [2.45, 2.75) is 61.3 Å². The summed E-state index contributed by atoms with van der Waals surface area (Å²) in [6, 6.07) is 0. The quantitative estimate of drug-likeness (QED) is 0.175. The largest absolute Gasteiger partial charge is 0.394 e. The molecule has 10 atom stereocenters. The Bertz CT molecular complexity index is 605. The first-order chi connectivity index (χ1) is 15.3. The van der Waals surface area contributed by atoms with Crippen LogP contribution in [0.15, 0.2) is 0 Å². The van der Waals surface area contributed by atoms with Crippen molar-refractivity contribution >= 4 is 5.91 Å². The van der Waals surface area contributed by atoms with Crippen LogP contribution in [0.5, 0.6) is 0 Å². The van der Waals surface area contributed by atoms with E-state index in [0.29, 0.717) is 26.3 Å². The number of carbonyl (C=O) groups is 1. The summed E-state index contributed by atoms with van der Waals surface area (Å²) in [6.45, 7) is 0.799. The number of hydrogen-bond donors (Lipinski definition) is 8. The topological polar surface area (TPSA) is 211 Å². The van der Waals surface area contributed by atoms with Crippen molar-refractivity contribution in [3.8, 4) is 0 Å². The Hall–Kier alpha value is -1.01. The molecule has 186 valence electrons. The molecule has 0 aromatic heterocycles. The minimum atomic E-state index is -1.75. The highest BCUT2D eigenvalue weighted by molar-refractivity contribution is 5.78. The molecule has 32 heavy (non-hydrogen) atoms. The van der Waals surface area contributed by atoms with Gasteiger partial charge in [0.25, 0.3) is 0 Å². The van der Waals surface area contributed by atoms with E-state index in [0.717, 1.165) is 0 Å². The van der Waals surface area contributed by atoms with Gasteiger partial charge in [-0.3, -0.25) is 9.69 Å². The molecule has 3 fully saturated rings. The molecule has 0 radical (unpaired) electrons. The predicted octanol–water partition coefficient (Wildman–Crippen LogP) is -5.94. The summed E-state index contributed by atoms with van der Waals surface area (Å²) in [7, 11) is 0. The van der Waals surface area contributed by atoms with E-state index < -0.39 is 80.5 Å². The van der Waals surface area contributed by atoms with Gasteiger partial charge >= 0.3 is 0 Å². The normalized spacial score (nSPS) is 43.7. The molecule has 14 heteroatoms. The van der Waals surface area contributed by atoms with Crippen LogP contribution in [-0.4, -0.2) is 154 Å². The number of amides is 1. The highest BCUT2D eigenvalue weighted by atomic mass is 16.7. The molecule has 0 aromatic rings. The maximum absolute atomic E-state index is 12.3. The third kappa shape index (κ3) is 5.72. The first-order valence-electron chi connectivity index (χ1n) is 10.4. The number of carbonyl (C=O) groups excluding carboxylic acids is 1. The molecule has 1 amide bonds. The first-order valence-corrected chi connectivity index (χ1v) is 10.4. The molecule has 0 spiro atoms. The summed E-state index contributed by atoms with van der Waals surface area (Å²) in [6.07, 6.45) is -15.3. The van der Waals surface area contributed by atoms with Gasteiger partial charge in [-0.05, 0) is 0 Å². The van der Waals surface area contributed by atoms with Gasteiger partial charge in [0.15, 0.2) is 12.5 Å². The van der Waals surface area contributed by atoms with Crippen LogP contribution in [0.25, 0.3) is 0 Å². The van der Waals surface area contributed by atoms with E-state index in [1.54, 1.807) is 0 Å². The lowest BCUT2D eigenvalue weighted by molar-refractivity contribution is -0.343. The second kappa shape index (κ2) is 11.4. The number of aliphatic hydroxyl groups is 7. The van der Waals surface area contributed by atoms with Crippen molar-refractivity contribution in [2.24, 2.45) is 0 Å². The smallest absolute Gasteiger partial charge is 0.236 e. The summed E-state index contributed by atoms with van der Waals surface area (Å²) in [5.41, 5.74) is 0. The van der Waals surface area contributed by atoms with Crippen LogP contribution in [0.2, 0.25) is 0 Å². The zero-order chi connectivity index (χ0) is 23.4. The fourth-order valence-corrected chi connectivity index (χ4v) is 3.88. The van der Waals surface area contributed by atoms with Crippen molar-refractivity contribution in [1.82, 2.24) is 10.2 Å². The van der Waals surface area contributed by atoms with Crippen molar-refractivity contribution in [1.29, 1.82) is 0 Å². The molecule has 3 aliphatic rings. The van der Waals surface area contributed by atoms with Gasteiger partial charge in [-0.1, -0.05) is 0 Å². The van der Waals surface area contributed by atoms with Gasteiger partial charge in [-0.15, -0.1) is 0 Å². The molecule has 3 aliphatic heterocycles. The molecule has 8 N–H and O–H groups in total. The Morgan fingerprint density at radius 1 is 0.875 bits per heavy atom. The van der Waals surface area contributed by atoms with Crippen molar-refractivity contribution in [2.75, 3.05) is 46.1 Å². The van der Waals surface area contributed by atoms with Crippen LogP contribution in [0, 0.1) is 0 Å². The van der Waals surface area contributed by atoms with Gasteiger partial charge in [0.05, 0.1) is 33.0 Å². The Morgan fingerprint density at radius 3 is 2.16 bits per heavy atom. The number of aliphatic hydroxyl groups excluding tert-OH is 7. The SMILES string of the molecule is O=C(CN1CCOCC1)N[C@@H]1O[C@H](CO)[C@@H](O[C@@H]2O[C@H](CO)[C@H](O)[C@H](O)[C@H]2O)[C@H](O)[C@H]1O. The van der Waals surface area contributed by atoms with Crippen LogP contribution in [0.1, 0.15) is 0 Å². The zero-order valence-electron chi connectivity index (χ0n) is 17.3. The van der Waals surface area contributed by atoms with Gasteiger partial charge in [-0.25, -0.2) is 0 Å². The van der Waals surface area contributed by atoms with E-state index in [1.165, 1.54) is 0 Å². The molecule has 0 aliphatic carbocycles. The Balaban J connectivity index is 1.61. The number of rotatable bonds is 7. The molecule has 3 rings (SSSR count). The van der Waals surface area contributed by atoms with E-state index in [4.69, 9.17) is 18.9 Å². The van der Waals surface area contributed by atoms with Crippen LogP contribution in [0.4, 0.5) is 0 Å². The number of nitrogens with one attached hydrogen (secondary N) is 1. The summed E-state index contributed by atoms with van der Waals surface area (Å²) in [5.74, 6) is -0.465. The molecule has 0 saturated carbocycles. The molecule has 0 unspecified atom stereocenters. The number of ether oxygens (including phenoxy) is 4. The summed E-state index contributed by atoms with van der Waals surface area (Å²) in [4.78, 5) is 14.2. The standard InChI is InChI=1S/C18H32N2O12/c21-6-8-11(24)12(25)15(28)18(31-8)32-16-9(7-22)30-17(14(27)13(16)26)19-10(23)5-20-1-3-29-4-2-20/h8-9,11-18,21-22,24-28H,1-7H2,(H,19,23)/t8-,9-,11+,12+,13-,14-,15-,16-,17-,18+/m1/s1. The van der Waals surface area contributed by atoms with E-state index in [1.807, 2.05) is 4.90 Å². The Morgan fingerprint density at radius 2 is 1.53 bits per heavy atom. The minimum absolute atomic E-state index is 0.0284. The fraction of sp³-hybridized carbons (Fsp3) is 0.944. The van der Waals surface area contributed by atoms with Gasteiger partial charge < -0.3 is 60.0 Å².